The Balaban J connectivity index is 1.90. The Morgan fingerprint density at radius 3 is 2.83 bits per heavy atom. The molecule has 0 aromatic heterocycles. The number of benzene rings is 1. The second-order valence-electron chi connectivity index (χ2n) is 5.00. The van der Waals surface area contributed by atoms with Crippen LogP contribution in [0.25, 0.3) is 0 Å². The fraction of sp³-hybridized carbons (Fsp3) is 0.533. The molecular formula is C15H22N2O. The molecule has 2 atom stereocenters. The molecule has 1 aromatic carbocycles. The van der Waals surface area contributed by atoms with E-state index >= 15 is 0 Å². The van der Waals surface area contributed by atoms with Crippen molar-refractivity contribution in [2.24, 2.45) is 0 Å². The van der Waals surface area contributed by atoms with Crippen molar-refractivity contribution in [1.29, 1.82) is 0 Å². The maximum absolute atomic E-state index is 12.1. The first-order valence-electron chi connectivity index (χ1n) is 6.87. The van der Waals surface area contributed by atoms with Crippen molar-refractivity contribution in [2.45, 2.75) is 45.1 Å². The number of hydrogen-bond acceptors (Lipinski definition) is 2. The minimum atomic E-state index is -0.121. The lowest BCUT2D eigenvalue weighted by Gasteiger charge is -2.16. The third-order valence-corrected chi connectivity index (χ3v) is 3.62. The molecule has 2 N–H and O–H groups in total. The molecule has 3 heteroatoms. The lowest BCUT2D eigenvalue weighted by Crippen LogP contribution is -2.40. The van der Waals surface area contributed by atoms with E-state index in [4.69, 9.17) is 0 Å². The summed E-state index contributed by atoms with van der Waals surface area (Å²) in [4.78, 5) is 12.1. The van der Waals surface area contributed by atoms with E-state index in [0.717, 1.165) is 18.7 Å². The van der Waals surface area contributed by atoms with Crippen molar-refractivity contribution >= 4 is 11.6 Å². The molecule has 0 saturated carbocycles. The highest BCUT2D eigenvalue weighted by Crippen LogP contribution is 2.35. The number of amides is 1. The predicted molar refractivity (Wildman–Crippen MR) is 74.8 cm³/mol. The van der Waals surface area contributed by atoms with Crippen molar-refractivity contribution in [1.82, 2.24) is 5.32 Å². The van der Waals surface area contributed by atoms with E-state index in [1.807, 2.05) is 18.2 Å². The summed E-state index contributed by atoms with van der Waals surface area (Å²) < 4.78 is 0. The number of hydrogen-bond donors (Lipinski definition) is 2. The highest BCUT2D eigenvalue weighted by atomic mass is 16.2. The van der Waals surface area contributed by atoms with Crippen molar-refractivity contribution in [3.63, 3.8) is 0 Å². The lowest BCUT2D eigenvalue weighted by atomic mass is 9.97. The average Bonchev–Trinajstić information content (AvgIpc) is 2.73. The van der Waals surface area contributed by atoms with Gasteiger partial charge in [-0.15, -0.1) is 0 Å². The second kappa shape index (κ2) is 5.89. The van der Waals surface area contributed by atoms with Crippen LogP contribution in [0.5, 0.6) is 0 Å². The normalized spacial score (nSPS) is 21.2. The first kappa shape index (κ1) is 12.9. The van der Waals surface area contributed by atoms with Gasteiger partial charge in [-0.3, -0.25) is 4.79 Å². The van der Waals surface area contributed by atoms with Gasteiger partial charge in [0.2, 0.25) is 5.91 Å². The maximum Gasteiger partial charge on any atom is 0.243 e. The van der Waals surface area contributed by atoms with Gasteiger partial charge in [0.25, 0.3) is 0 Å². The van der Waals surface area contributed by atoms with Gasteiger partial charge in [0.1, 0.15) is 6.04 Å². The van der Waals surface area contributed by atoms with Gasteiger partial charge < -0.3 is 10.6 Å². The van der Waals surface area contributed by atoms with Crippen LogP contribution in [-0.4, -0.2) is 18.5 Å². The number of unbranched alkanes of at least 4 members (excludes halogenated alkanes) is 2. The van der Waals surface area contributed by atoms with Crippen LogP contribution in [0.2, 0.25) is 0 Å². The molecule has 3 nitrogen and oxygen atoms in total. The molecule has 1 amide bonds. The number of nitrogens with one attached hydrogen (secondary N) is 2. The molecular weight excluding hydrogens is 224 g/mol. The zero-order valence-corrected chi connectivity index (χ0v) is 11.2. The monoisotopic (exact) mass is 246 g/mol. The van der Waals surface area contributed by atoms with E-state index in [1.54, 1.807) is 0 Å². The highest BCUT2D eigenvalue weighted by Gasteiger charge is 2.33. The molecule has 0 saturated heterocycles. The quantitative estimate of drug-likeness (QED) is 0.784. The van der Waals surface area contributed by atoms with E-state index in [2.05, 4.69) is 30.5 Å². The predicted octanol–water partition coefficient (Wildman–Crippen LogP) is 2.89. The van der Waals surface area contributed by atoms with Crippen molar-refractivity contribution in [2.75, 3.05) is 11.9 Å². The van der Waals surface area contributed by atoms with E-state index in [1.165, 1.54) is 18.4 Å². The molecule has 1 aliphatic heterocycles. The Morgan fingerprint density at radius 1 is 1.33 bits per heavy atom. The number of carbonyl (C=O) groups is 1. The van der Waals surface area contributed by atoms with Crippen LogP contribution in [0.15, 0.2) is 24.3 Å². The molecule has 0 bridgehead atoms. The Hall–Kier alpha value is -1.51. The van der Waals surface area contributed by atoms with Crippen molar-refractivity contribution < 1.29 is 4.79 Å². The van der Waals surface area contributed by atoms with Gasteiger partial charge in [-0.2, -0.15) is 0 Å². The summed E-state index contributed by atoms with van der Waals surface area (Å²) in [6.45, 7) is 5.06. The van der Waals surface area contributed by atoms with E-state index in [9.17, 15) is 4.79 Å². The largest absolute Gasteiger partial charge is 0.373 e. The Bertz CT molecular complexity index is 417. The molecule has 0 radical (unpaired) electrons. The minimum absolute atomic E-state index is 0.120. The summed E-state index contributed by atoms with van der Waals surface area (Å²) in [5.41, 5.74) is 2.34. The Morgan fingerprint density at radius 2 is 2.11 bits per heavy atom. The van der Waals surface area contributed by atoms with Gasteiger partial charge in [0.15, 0.2) is 0 Å². The Labute approximate surface area is 109 Å². The van der Waals surface area contributed by atoms with Crippen LogP contribution in [0.3, 0.4) is 0 Å². The smallest absolute Gasteiger partial charge is 0.243 e. The molecule has 0 aliphatic carbocycles. The fourth-order valence-corrected chi connectivity index (χ4v) is 2.49. The highest BCUT2D eigenvalue weighted by molar-refractivity contribution is 5.88. The molecule has 2 rings (SSSR count). The molecule has 0 fully saturated rings. The second-order valence-corrected chi connectivity index (χ2v) is 5.00. The summed E-state index contributed by atoms with van der Waals surface area (Å²) in [5, 5.41) is 6.34. The average molecular weight is 246 g/mol. The van der Waals surface area contributed by atoms with Gasteiger partial charge in [0, 0.05) is 18.2 Å². The fourth-order valence-electron chi connectivity index (χ4n) is 2.49. The van der Waals surface area contributed by atoms with Crippen molar-refractivity contribution in [3.05, 3.63) is 29.8 Å². The first-order chi connectivity index (χ1) is 8.74. The Kier molecular flexibility index (Phi) is 4.24. The minimum Gasteiger partial charge on any atom is -0.373 e. The third kappa shape index (κ3) is 2.66. The van der Waals surface area contributed by atoms with E-state index < -0.39 is 0 Å². The van der Waals surface area contributed by atoms with Crippen molar-refractivity contribution in [3.8, 4) is 0 Å². The zero-order chi connectivity index (χ0) is 13.0. The van der Waals surface area contributed by atoms with E-state index in [-0.39, 0.29) is 17.9 Å². The summed E-state index contributed by atoms with van der Waals surface area (Å²) in [5.74, 6) is 0.363. The van der Waals surface area contributed by atoms with Crippen LogP contribution >= 0.6 is 0 Å². The maximum atomic E-state index is 12.1. The zero-order valence-electron chi connectivity index (χ0n) is 11.2. The number of fused-ring (bicyclic) bond motifs is 1. The first-order valence-corrected chi connectivity index (χ1v) is 6.87. The molecule has 18 heavy (non-hydrogen) atoms. The standard InChI is InChI=1S/C15H22N2O/c1-3-4-7-10-16-15(18)14-11(2)12-8-5-6-9-13(12)17-14/h5-6,8-9,11,14,17H,3-4,7,10H2,1-2H3,(H,16,18)/t11-,14+/m0/s1. The van der Waals surface area contributed by atoms with Crippen LogP contribution < -0.4 is 10.6 Å². The third-order valence-electron chi connectivity index (χ3n) is 3.62. The van der Waals surface area contributed by atoms with Crippen LogP contribution in [0.1, 0.15) is 44.6 Å². The molecule has 0 unspecified atom stereocenters. The molecule has 1 heterocycles. The molecule has 98 valence electrons. The van der Waals surface area contributed by atoms with Crippen LogP contribution in [0.4, 0.5) is 5.69 Å². The SMILES string of the molecule is CCCCCNC(=O)[C@@H]1Nc2ccccc2[C@@H]1C. The topological polar surface area (TPSA) is 41.1 Å². The van der Waals surface area contributed by atoms with Crippen LogP contribution in [0, 0.1) is 0 Å². The van der Waals surface area contributed by atoms with Gasteiger partial charge in [-0.05, 0) is 18.1 Å². The number of rotatable bonds is 5. The summed E-state index contributed by atoms with van der Waals surface area (Å²) >= 11 is 0. The number of para-hydroxylation sites is 1. The van der Waals surface area contributed by atoms with Gasteiger partial charge in [-0.25, -0.2) is 0 Å². The van der Waals surface area contributed by atoms with Gasteiger partial charge >= 0.3 is 0 Å². The molecule has 0 spiro atoms. The van der Waals surface area contributed by atoms with Crippen LogP contribution in [-0.2, 0) is 4.79 Å². The molecule has 1 aliphatic rings. The number of anilines is 1. The summed E-state index contributed by atoms with van der Waals surface area (Å²) in [7, 11) is 0. The number of carbonyl (C=O) groups excluding carboxylic acids is 1. The van der Waals surface area contributed by atoms with Gasteiger partial charge in [0.05, 0.1) is 0 Å². The van der Waals surface area contributed by atoms with Gasteiger partial charge in [-0.1, -0.05) is 44.9 Å². The summed E-state index contributed by atoms with van der Waals surface area (Å²) in [6.07, 6.45) is 3.42. The van der Waals surface area contributed by atoms with E-state index in [0.29, 0.717) is 0 Å². The summed E-state index contributed by atoms with van der Waals surface area (Å²) in [6, 6.07) is 8.04. The lowest BCUT2D eigenvalue weighted by molar-refractivity contribution is -0.122. The molecule has 1 aromatic rings.